The molecule has 2 heterocycles. The summed E-state index contributed by atoms with van der Waals surface area (Å²) in [6.07, 6.45) is 3.00. The number of carbonyl (C=O) groups is 2. The van der Waals surface area contributed by atoms with Gasteiger partial charge >= 0.3 is 11.9 Å². The number of ether oxygens (including phenoxy) is 3. The van der Waals surface area contributed by atoms with E-state index in [4.69, 9.17) is 14.2 Å². The average Bonchev–Trinajstić information content (AvgIpc) is 3.08. The van der Waals surface area contributed by atoms with E-state index in [9.17, 15) is 14.7 Å². The minimum atomic E-state index is -1.66. The first-order chi connectivity index (χ1) is 11.2. The van der Waals surface area contributed by atoms with Crippen LogP contribution >= 0.6 is 0 Å². The lowest BCUT2D eigenvalue weighted by Gasteiger charge is -2.33. The Morgan fingerprint density at radius 1 is 1.50 bits per heavy atom. The first kappa shape index (κ1) is 17.4. The molecule has 0 aromatic heterocycles. The molecule has 1 N–H and O–H groups in total. The monoisotopic (exact) mass is 338 g/mol. The lowest BCUT2D eigenvalue weighted by Crippen LogP contribution is -2.50. The van der Waals surface area contributed by atoms with Crippen molar-refractivity contribution >= 4 is 11.9 Å². The van der Waals surface area contributed by atoms with Crippen LogP contribution in [-0.2, 0) is 23.8 Å². The van der Waals surface area contributed by atoms with Gasteiger partial charge in [0.2, 0.25) is 0 Å². The maximum atomic E-state index is 12.4. The summed E-state index contributed by atoms with van der Waals surface area (Å²) in [5, 5.41) is 11.0. The van der Waals surface area contributed by atoms with Gasteiger partial charge in [-0.05, 0) is 33.1 Å². The summed E-state index contributed by atoms with van der Waals surface area (Å²) in [6, 6.07) is 0. The third kappa shape index (κ3) is 2.75. The second-order valence-corrected chi connectivity index (χ2v) is 7.47. The van der Waals surface area contributed by atoms with Gasteiger partial charge in [-0.15, -0.1) is 0 Å². The standard InChI is InChI=1S/C18H26O6/c1-5-18(21)13-12(22-11(3)19)9-10(2)7-6-8-17(4)15(24-17)14(13)23-16(18)20/h7,12-15,21H,5-6,8-9H2,1-4H3/t12-,13-,14+,15+,17-,18-/m1/s1. The molecule has 0 radical (unpaired) electrons. The van der Waals surface area contributed by atoms with Crippen LogP contribution < -0.4 is 0 Å². The van der Waals surface area contributed by atoms with Crippen LogP contribution in [0.2, 0.25) is 0 Å². The van der Waals surface area contributed by atoms with Gasteiger partial charge in [-0.2, -0.15) is 0 Å². The van der Waals surface area contributed by atoms with Crippen molar-refractivity contribution in [1.29, 1.82) is 0 Å². The predicted octanol–water partition coefficient (Wildman–Crippen LogP) is 1.89. The second kappa shape index (κ2) is 5.85. The summed E-state index contributed by atoms with van der Waals surface area (Å²) in [5.41, 5.74) is -0.950. The van der Waals surface area contributed by atoms with Gasteiger partial charge in [0.1, 0.15) is 18.3 Å². The van der Waals surface area contributed by atoms with Gasteiger partial charge < -0.3 is 19.3 Å². The molecule has 0 unspecified atom stereocenters. The highest BCUT2D eigenvalue weighted by Gasteiger charge is 2.68. The van der Waals surface area contributed by atoms with E-state index in [2.05, 4.69) is 6.08 Å². The molecule has 0 bridgehead atoms. The SMILES string of the molecule is CC[C@]1(O)C(=O)O[C@H]2[C@H]1[C@H](OC(C)=O)CC(C)=CCC[C@@]1(C)O[C@@H]21. The zero-order valence-electron chi connectivity index (χ0n) is 14.7. The highest BCUT2D eigenvalue weighted by Crippen LogP contribution is 2.52. The van der Waals surface area contributed by atoms with Gasteiger partial charge in [-0.1, -0.05) is 18.6 Å². The summed E-state index contributed by atoms with van der Waals surface area (Å²) < 4.78 is 16.9. The number of epoxide rings is 1. The van der Waals surface area contributed by atoms with Crippen molar-refractivity contribution in [3.8, 4) is 0 Å². The van der Waals surface area contributed by atoms with E-state index in [1.165, 1.54) is 6.92 Å². The van der Waals surface area contributed by atoms with Crippen molar-refractivity contribution in [1.82, 2.24) is 0 Å². The van der Waals surface area contributed by atoms with Gasteiger partial charge in [-0.25, -0.2) is 4.79 Å². The Balaban J connectivity index is 2.03. The Bertz CT molecular complexity index is 584. The van der Waals surface area contributed by atoms with Crippen LogP contribution in [0.1, 0.15) is 53.4 Å². The minimum Gasteiger partial charge on any atom is -0.462 e. The van der Waals surface area contributed by atoms with Crippen molar-refractivity contribution in [2.45, 2.75) is 82.9 Å². The summed E-state index contributed by atoms with van der Waals surface area (Å²) in [6.45, 7) is 7.05. The topological polar surface area (TPSA) is 85.4 Å². The average molecular weight is 338 g/mol. The van der Waals surface area contributed by atoms with Crippen LogP contribution in [0.3, 0.4) is 0 Å². The Morgan fingerprint density at radius 2 is 2.21 bits per heavy atom. The first-order valence-electron chi connectivity index (χ1n) is 8.65. The number of hydrogen-bond donors (Lipinski definition) is 1. The van der Waals surface area contributed by atoms with Crippen LogP contribution in [0.15, 0.2) is 11.6 Å². The lowest BCUT2D eigenvalue weighted by molar-refractivity contribution is -0.162. The summed E-state index contributed by atoms with van der Waals surface area (Å²) in [4.78, 5) is 24.0. The highest BCUT2D eigenvalue weighted by atomic mass is 16.7. The molecular formula is C18H26O6. The van der Waals surface area contributed by atoms with Crippen LogP contribution in [0.4, 0.5) is 0 Å². The number of rotatable bonds is 2. The van der Waals surface area contributed by atoms with Gasteiger partial charge in [0.25, 0.3) is 0 Å². The van der Waals surface area contributed by atoms with Crippen molar-refractivity contribution in [3.63, 3.8) is 0 Å². The molecule has 6 heteroatoms. The maximum absolute atomic E-state index is 12.4. The fourth-order valence-electron chi connectivity index (χ4n) is 4.19. The number of aliphatic hydroxyl groups is 1. The molecule has 1 aliphatic carbocycles. The quantitative estimate of drug-likeness (QED) is 0.470. The second-order valence-electron chi connectivity index (χ2n) is 7.47. The van der Waals surface area contributed by atoms with Crippen LogP contribution in [-0.4, -0.2) is 46.6 Å². The van der Waals surface area contributed by atoms with E-state index in [1.54, 1.807) is 6.92 Å². The number of carbonyl (C=O) groups excluding carboxylic acids is 2. The predicted molar refractivity (Wildman–Crippen MR) is 85.1 cm³/mol. The molecule has 24 heavy (non-hydrogen) atoms. The molecule has 134 valence electrons. The van der Waals surface area contributed by atoms with E-state index in [0.717, 1.165) is 18.4 Å². The van der Waals surface area contributed by atoms with Gasteiger partial charge in [-0.3, -0.25) is 4.79 Å². The van der Waals surface area contributed by atoms with Crippen molar-refractivity contribution in [3.05, 3.63) is 11.6 Å². The molecule has 2 saturated heterocycles. The first-order valence-corrected chi connectivity index (χ1v) is 8.65. The van der Waals surface area contributed by atoms with Crippen LogP contribution in [0.25, 0.3) is 0 Å². The maximum Gasteiger partial charge on any atom is 0.339 e. The molecule has 6 atom stereocenters. The van der Waals surface area contributed by atoms with Gasteiger partial charge in [0.05, 0.1) is 11.5 Å². The van der Waals surface area contributed by atoms with Crippen molar-refractivity contribution in [2.24, 2.45) is 5.92 Å². The van der Waals surface area contributed by atoms with E-state index in [-0.39, 0.29) is 18.1 Å². The van der Waals surface area contributed by atoms with Gasteiger partial charge in [0.15, 0.2) is 5.60 Å². The number of fused-ring (bicyclic) bond motifs is 3. The zero-order valence-corrected chi connectivity index (χ0v) is 14.7. The molecule has 0 saturated carbocycles. The Hall–Kier alpha value is -1.40. The normalized spacial score (nSPS) is 44.7. The van der Waals surface area contributed by atoms with E-state index < -0.39 is 35.7 Å². The minimum absolute atomic E-state index is 0.205. The lowest BCUT2D eigenvalue weighted by atomic mass is 9.75. The third-order valence-electron chi connectivity index (χ3n) is 5.65. The van der Waals surface area contributed by atoms with Crippen molar-refractivity contribution < 1.29 is 28.9 Å². The summed E-state index contributed by atoms with van der Waals surface area (Å²) in [5.74, 6) is -1.70. The van der Waals surface area contributed by atoms with Crippen LogP contribution in [0, 0.1) is 5.92 Å². The molecule has 3 rings (SSSR count). The molecule has 2 fully saturated rings. The fraction of sp³-hybridized carbons (Fsp3) is 0.778. The molecule has 3 aliphatic rings. The molecule has 2 aliphatic heterocycles. The Labute approximate surface area is 142 Å². The summed E-state index contributed by atoms with van der Waals surface area (Å²) in [7, 11) is 0. The fourth-order valence-corrected chi connectivity index (χ4v) is 4.19. The highest BCUT2D eigenvalue weighted by molar-refractivity contribution is 5.82. The zero-order chi connectivity index (χ0) is 17.7. The van der Waals surface area contributed by atoms with E-state index >= 15 is 0 Å². The molecule has 0 aromatic carbocycles. The molecule has 0 amide bonds. The summed E-state index contributed by atoms with van der Waals surface area (Å²) >= 11 is 0. The molecule has 0 spiro atoms. The molecular weight excluding hydrogens is 312 g/mol. The van der Waals surface area contributed by atoms with Crippen LogP contribution in [0.5, 0.6) is 0 Å². The molecule has 0 aromatic rings. The number of esters is 2. The Morgan fingerprint density at radius 3 is 2.83 bits per heavy atom. The van der Waals surface area contributed by atoms with Gasteiger partial charge in [0, 0.05) is 13.3 Å². The largest absolute Gasteiger partial charge is 0.462 e. The Kier molecular flexibility index (Phi) is 4.24. The molecule has 6 nitrogen and oxygen atoms in total. The van der Waals surface area contributed by atoms with Crippen molar-refractivity contribution in [2.75, 3.05) is 0 Å². The smallest absolute Gasteiger partial charge is 0.339 e. The number of hydrogen-bond acceptors (Lipinski definition) is 6. The third-order valence-corrected chi connectivity index (χ3v) is 5.65. The number of allylic oxidation sites excluding steroid dienone is 1. The van der Waals surface area contributed by atoms with E-state index in [0.29, 0.717) is 6.42 Å². The van der Waals surface area contributed by atoms with E-state index in [1.807, 2.05) is 13.8 Å².